The van der Waals surface area contributed by atoms with Crippen molar-refractivity contribution in [2.45, 2.75) is 26.4 Å². The molecule has 0 aliphatic rings. The maximum absolute atomic E-state index is 11.5. The van der Waals surface area contributed by atoms with Gasteiger partial charge in [0.15, 0.2) is 17.3 Å². The molecule has 0 N–H and O–H groups in total. The van der Waals surface area contributed by atoms with Gasteiger partial charge in [-0.25, -0.2) is 0 Å². The first-order valence-corrected chi connectivity index (χ1v) is 6.73. The number of nitrogens with zero attached hydrogens (tertiary/aromatic N) is 1. The lowest BCUT2D eigenvalue weighted by Crippen LogP contribution is -2.26. The molecule has 4 heteroatoms. The van der Waals surface area contributed by atoms with Crippen molar-refractivity contribution in [1.82, 2.24) is 4.98 Å². The molecule has 0 spiro atoms. The average Bonchev–Trinajstić information content (AvgIpc) is 2.47. The summed E-state index contributed by atoms with van der Waals surface area (Å²) in [6, 6.07) is 10.8. The lowest BCUT2D eigenvalue weighted by molar-refractivity contribution is 0.0969. The summed E-state index contributed by atoms with van der Waals surface area (Å²) in [5.74, 6) is 1.10. The van der Waals surface area contributed by atoms with E-state index in [4.69, 9.17) is 9.47 Å². The monoisotopic (exact) mass is 285 g/mol. The minimum Gasteiger partial charge on any atom is -0.493 e. The number of Topliss-reactive ketones (excluding diaryl/α,β-unsaturated/α-hetero) is 1. The summed E-state index contributed by atoms with van der Waals surface area (Å²) in [5.41, 5.74) is 0.757. The van der Waals surface area contributed by atoms with E-state index in [1.165, 1.54) is 6.92 Å². The van der Waals surface area contributed by atoms with Crippen molar-refractivity contribution in [3.8, 4) is 11.5 Å². The molecule has 2 aromatic rings. The third-order valence-corrected chi connectivity index (χ3v) is 3.22. The number of aromatic nitrogens is 1. The molecule has 1 aromatic carbocycles. The van der Waals surface area contributed by atoms with Gasteiger partial charge in [0, 0.05) is 11.8 Å². The molecular formula is C17H19NO3. The van der Waals surface area contributed by atoms with Crippen molar-refractivity contribution in [3.63, 3.8) is 0 Å². The summed E-state index contributed by atoms with van der Waals surface area (Å²) in [4.78, 5) is 15.9. The summed E-state index contributed by atoms with van der Waals surface area (Å²) < 4.78 is 11.4. The van der Waals surface area contributed by atoms with Crippen molar-refractivity contribution in [2.75, 3.05) is 7.11 Å². The second kappa shape index (κ2) is 5.95. The minimum atomic E-state index is -0.635. The van der Waals surface area contributed by atoms with E-state index in [1.54, 1.807) is 31.5 Å². The Morgan fingerprint density at radius 2 is 1.90 bits per heavy atom. The first-order valence-electron chi connectivity index (χ1n) is 6.73. The van der Waals surface area contributed by atoms with Gasteiger partial charge in [-0.15, -0.1) is 0 Å². The molecule has 0 radical (unpaired) electrons. The summed E-state index contributed by atoms with van der Waals surface area (Å²) in [5, 5.41) is 0. The van der Waals surface area contributed by atoms with E-state index in [9.17, 15) is 4.79 Å². The van der Waals surface area contributed by atoms with Crippen LogP contribution >= 0.6 is 0 Å². The fourth-order valence-electron chi connectivity index (χ4n) is 2.02. The van der Waals surface area contributed by atoms with Crippen molar-refractivity contribution in [3.05, 3.63) is 53.9 Å². The molecule has 0 atom stereocenters. The Hall–Kier alpha value is -2.36. The van der Waals surface area contributed by atoms with Crippen LogP contribution < -0.4 is 9.47 Å². The van der Waals surface area contributed by atoms with Gasteiger partial charge in [0.05, 0.1) is 12.8 Å². The maximum Gasteiger partial charge on any atom is 0.163 e. The Morgan fingerprint density at radius 3 is 2.48 bits per heavy atom. The van der Waals surface area contributed by atoms with Crippen LogP contribution in [0, 0.1) is 0 Å². The van der Waals surface area contributed by atoms with Gasteiger partial charge in [-0.3, -0.25) is 9.78 Å². The number of carbonyl (C=O) groups is 1. The molecule has 0 bridgehead atoms. The summed E-state index contributed by atoms with van der Waals surface area (Å²) in [6.45, 7) is 5.37. The number of methoxy groups -OCH3 is 1. The van der Waals surface area contributed by atoms with Crippen LogP contribution in [0.2, 0.25) is 0 Å². The van der Waals surface area contributed by atoms with Crippen LogP contribution in [-0.2, 0) is 5.60 Å². The number of ether oxygens (including phenoxy) is 2. The van der Waals surface area contributed by atoms with E-state index < -0.39 is 5.60 Å². The Bertz CT molecular complexity index is 636. The Morgan fingerprint density at radius 1 is 1.14 bits per heavy atom. The number of ketones is 1. The largest absolute Gasteiger partial charge is 0.493 e. The molecule has 0 fully saturated rings. The molecule has 0 unspecified atom stereocenters. The van der Waals surface area contributed by atoms with Crippen LogP contribution in [0.1, 0.15) is 36.8 Å². The maximum atomic E-state index is 11.5. The van der Waals surface area contributed by atoms with E-state index in [0.29, 0.717) is 17.1 Å². The van der Waals surface area contributed by atoms with E-state index in [-0.39, 0.29) is 5.78 Å². The number of rotatable bonds is 5. The summed E-state index contributed by atoms with van der Waals surface area (Å²) in [6.07, 6.45) is 1.73. The SMILES string of the molecule is COc1ccc(C(C)=O)cc1OC(C)(C)c1ccccn1. The molecule has 110 valence electrons. The van der Waals surface area contributed by atoms with Crippen molar-refractivity contribution < 1.29 is 14.3 Å². The van der Waals surface area contributed by atoms with Crippen LogP contribution in [0.3, 0.4) is 0 Å². The Labute approximate surface area is 124 Å². The fourth-order valence-corrected chi connectivity index (χ4v) is 2.02. The third-order valence-electron chi connectivity index (χ3n) is 3.22. The second-order valence-corrected chi connectivity index (χ2v) is 5.25. The number of hydrogen-bond acceptors (Lipinski definition) is 4. The number of hydrogen-bond donors (Lipinski definition) is 0. The molecule has 0 aliphatic heterocycles. The van der Waals surface area contributed by atoms with Gasteiger partial charge in [-0.1, -0.05) is 6.07 Å². The normalized spacial score (nSPS) is 11.0. The van der Waals surface area contributed by atoms with Crippen molar-refractivity contribution in [1.29, 1.82) is 0 Å². The zero-order chi connectivity index (χ0) is 15.5. The van der Waals surface area contributed by atoms with Crippen LogP contribution in [0.5, 0.6) is 11.5 Å². The minimum absolute atomic E-state index is 0.0156. The van der Waals surface area contributed by atoms with Crippen LogP contribution in [-0.4, -0.2) is 17.9 Å². The zero-order valence-electron chi connectivity index (χ0n) is 12.7. The van der Waals surface area contributed by atoms with E-state index in [0.717, 1.165) is 5.69 Å². The number of carbonyl (C=O) groups excluding carboxylic acids is 1. The highest BCUT2D eigenvalue weighted by atomic mass is 16.5. The molecule has 0 saturated carbocycles. The molecular weight excluding hydrogens is 266 g/mol. The molecule has 1 aromatic heterocycles. The smallest absolute Gasteiger partial charge is 0.163 e. The Kier molecular flexibility index (Phi) is 4.26. The topological polar surface area (TPSA) is 48.4 Å². The highest BCUT2D eigenvalue weighted by molar-refractivity contribution is 5.94. The van der Waals surface area contributed by atoms with Gasteiger partial charge < -0.3 is 9.47 Å². The average molecular weight is 285 g/mol. The standard InChI is InChI=1S/C17H19NO3/c1-12(19)13-8-9-14(20-4)15(11-13)21-17(2,3)16-7-5-6-10-18-16/h5-11H,1-4H3. The molecule has 1 heterocycles. The fraction of sp³-hybridized carbons (Fsp3) is 0.294. The van der Waals surface area contributed by atoms with Gasteiger partial charge in [0.2, 0.25) is 0 Å². The molecule has 0 amide bonds. The van der Waals surface area contributed by atoms with E-state index in [2.05, 4.69) is 4.98 Å². The van der Waals surface area contributed by atoms with Crippen LogP contribution in [0.4, 0.5) is 0 Å². The van der Waals surface area contributed by atoms with E-state index >= 15 is 0 Å². The molecule has 0 saturated heterocycles. The van der Waals surface area contributed by atoms with Gasteiger partial charge in [0.1, 0.15) is 5.60 Å². The van der Waals surface area contributed by atoms with Crippen LogP contribution in [0.15, 0.2) is 42.6 Å². The highest BCUT2D eigenvalue weighted by Crippen LogP contribution is 2.34. The molecule has 2 rings (SSSR count). The van der Waals surface area contributed by atoms with Crippen molar-refractivity contribution >= 4 is 5.78 Å². The lowest BCUT2D eigenvalue weighted by Gasteiger charge is -2.27. The first kappa shape index (κ1) is 15.0. The summed E-state index contributed by atoms with van der Waals surface area (Å²) in [7, 11) is 1.57. The lowest BCUT2D eigenvalue weighted by atomic mass is 10.0. The zero-order valence-corrected chi connectivity index (χ0v) is 12.7. The van der Waals surface area contributed by atoms with Gasteiger partial charge in [0.25, 0.3) is 0 Å². The predicted octanol–water partition coefficient (Wildman–Crippen LogP) is 3.61. The molecule has 0 aliphatic carbocycles. The summed E-state index contributed by atoms with van der Waals surface area (Å²) >= 11 is 0. The second-order valence-electron chi connectivity index (χ2n) is 5.25. The molecule has 21 heavy (non-hydrogen) atoms. The predicted molar refractivity (Wildman–Crippen MR) is 80.9 cm³/mol. The van der Waals surface area contributed by atoms with Crippen molar-refractivity contribution in [2.24, 2.45) is 0 Å². The van der Waals surface area contributed by atoms with Gasteiger partial charge in [-0.2, -0.15) is 0 Å². The third kappa shape index (κ3) is 3.40. The van der Waals surface area contributed by atoms with Crippen LogP contribution in [0.25, 0.3) is 0 Å². The quantitative estimate of drug-likeness (QED) is 0.787. The highest BCUT2D eigenvalue weighted by Gasteiger charge is 2.25. The van der Waals surface area contributed by atoms with Gasteiger partial charge in [-0.05, 0) is 51.1 Å². The van der Waals surface area contributed by atoms with Gasteiger partial charge >= 0.3 is 0 Å². The first-order chi connectivity index (χ1) is 9.94. The van der Waals surface area contributed by atoms with E-state index in [1.807, 2.05) is 32.0 Å². The number of pyridine rings is 1. The molecule has 4 nitrogen and oxygen atoms in total. The number of benzene rings is 1. The Balaban J connectivity index is 2.37.